The molecule has 0 bridgehead atoms. The summed E-state index contributed by atoms with van der Waals surface area (Å²) in [6.45, 7) is 11.8. The minimum atomic E-state index is 0. The van der Waals surface area contributed by atoms with Crippen LogP contribution >= 0.6 is 8.58 Å². The van der Waals surface area contributed by atoms with Crippen LogP contribution in [0.5, 0.6) is 0 Å². The van der Waals surface area contributed by atoms with E-state index in [4.69, 9.17) is 5.73 Å². The van der Waals surface area contributed by atoms with Crippen LogP contribution in [0.4, 0.5) is 5.69 Å². The molecule has 0 aliphatic heterocycles. The van der Waals surface area contributed by atoms with Crippen LogP contribution < -0.4 is 10.6 Å². The zero-order valence-electron chi connectivity index (χ0n) is 20.7. The molecule has 1 aliphatic rings. The predicted molar refractivity (Wildman–Crippen MR) is 142 cm³/mol. The van der Waals surface area contributed by atoms with Gasteiger partial charge in [-0.1, -0.05) is 65.0 Å². The van der Waals surface area contributed by atoms with Crippen LogP contribution in [0.3, 0.4) is 0 Å². The largest absolute Gasteiger partial charge is 0.378 e. The second-order valence-corrected chi connectivity index (χ2v) is 13.2. The summed E-state index contributed by atoms with van der Waals surface area (Å²) in [7, 11) is 5.14. The molecule has 0 spiro atoms. The third-order valence-electron chi connectivity index (χ3n) is 4.98. The summed E-state index contributed by atoms with van der Waals surface area (Å²) in [4.78, 5) is 2.14. The van der Waals surface area contributed by atoms with Crippen molar-refractivity contribution in [2.75, 3.05) is 19.0 Å². The fourth-order valence-electron chi connectivity index (χ4n) is 3.96. The summed E-state index contributed by atoms with van der Waals surface area (Å²) in [6, 6.07) is 20.2. The van der Waals surface area contributed by atoms with Gasteiger partial charge in [-0.3, -0.25) is 0 Å². The maximum absolute atomic E-state index is 5.91. The van der Waals surface area contributed by atoms with Crippen LogP contribution in [0.25, 0.3) is 5.57 Å². The van der Waals surface area contributed by atoms with Crippen molar-refractivity contribution in [2.45, 2.75) is 57.8 Å². The molecule has 1 atom stereocenters. The normalized spacial score (nSPS) is 13.9. The van der Waals surface area contributed by atoms with Gasteiger partial charge in [0.1, 0.15) is 0 Å². The first kappa shape index (κ1) is 28.7. The number of anilines is 1. The molecule has 0 saturated carbocycles. The number of hydrogen-bond donors (Lipinski definition) is 1. The Bertz CT molecular complexity index is 863. The van der Waals surface area contributed by atoms with Gasteiger partial charge in [-0.2, -0.15) is 11.6 Å². The number of rotatable bonds is 5. The van der Waals surface area contributed by atoms with Crippen molar-refractivity contribution in [3.05, 3.63) is 90.0 Å². The van der Waals surface area contributed by atoms with Crippen molar-refractivity contribution in [1.29, 1.82) is 0 Å². The van der Waals surface area contributed by atoms with Crippen LogP contribution in [-0.4, -0.2) is 24.4 Å². The smallest absolute Gasteiger partial charge is 0.0361 e. The van der Waals surface area contributed by atoms with Gasteiger partial charge in [0.2, 0.25) is 0 Å². The number of allylic oxidation sites excluding steroid dienone is 2. The predicted octanol–water partition coefficient (Wildman–Crippen LogP) is 7.07. The van der Waals surface area contributed by atoms with Crippen LogP contribution in [-0.2, 0) is 26.8 Å². The van der Waals surface area contributed by atoms with E-state index < -0.39 is 0 Å². The fraction of sp³-hybridized carbons (Fsp3) is 0.393. The van der Waals surface area contributed by atoms with Crippen molar-refractivity contribution < 1.29 is 20.4 Å². The summed E-state index contributed by atoms with van der Waals surface area (Å²) in [5.74, 6) is 0. The first-order valence-corrected chi connectivity index (χ1v) is 12.1. The van der Waals surface area contributed by atoms with Gasteiger partial charge < -0.3 is 10.6 Å². The van der Waals surface area contributed by atoms with Gasteiger partial charge in [0.25, 0.3) is 0 Å². The minimum Gasteiger partial charge on any atom is -0.378 e. The van der Waals surface area contributed by atoms with Crippen molar-refractivity contribution >= 4 is 19.8 Å². The molecule has 0 aromatic heterocycles. The van der Waals surface area contributed by atoms with E-state index in [0.717, 1.165) is 33.0 Å². The molecule has 2 aromatic rings. The first-order valence-electron chi connectivity index (χ1n) is 11.1. The molecule has 1 unspecified atom stereocenters. The van der Waals surface area contributed by atoms with Crippen molar-refractivity contribution in [1.82, 2.24) is 0 Å². The van der Waals surface area contributed by atoms with E-state index in [1.807, 2.05) is 18.2 Å². The van der Waals surface area contributed by atoms with Crippen molar-refractivity contribution in [3.63, 3.8) is 0 Å². The van der Waals surface area contributed by atoms with Gasteiger partial charge in [0, 0.05) is 40.2 Å². The maximum Gasteiger partial charge on any atom is 0.0361 e. The number of nitrogens with two attached hydrogens (primary N) is 1. The molecule has 4 heteroatoms. The van der Waals surface area contributed by atoms with Crippen molar-refractivity contribution in [2.24, 2.45) is 5.73 Å². The summed E-state index contributed by atoms with van der Waals surface area (Å²) >= 11 is 0. The van der Waals surface area contributed by atoms with Gasteiger partial charge in [0.15, 0.2) is 0 Å². The van der Waals surface area contributed by atoms with Gasteiger partial charge in [0.05, 0.1) is 0 Å². The SMILES string of the molecule is CN(C)c1ccc(CC(C)(C)PC(C)(C)C)cc1.N[C-]1CC=CC=C1c1ccccc1.[Pd]. The second kappa shape index (κ2) is 12.8. The minimum absolute atomic E-state index is 0. The van der Waals surface area contributed by atoms with Crippen molar-refractivity contribution in [3.8, 4) is 0 Å². The Hall–Kier alpha value is -1.36. The Balaban J connectivity index is 0.000000324. The zero-order valence-corrected chi connectivity index (χ0v) is 23.2. The molecule has 2 N–H and O–H groups in total. The second-order valence-electron chi connectivity index (χ2n) is 10.1. The average Bonchev–Trinajstić information content (AvgIpc) is 2.68. The molecule has 1 aliphatic carbocycles. The number of hydrogen-bond acceptors (Lipinski definition) is 2. The quantitative estimate of drug-likeness (QED) is 0.249. The molecule has 2 aromatic carbocycles. The first-order chi connectivity index (χ1) is 14.5. The standard InChI is InChI=1S/C16H28NP.C12H12N.Pd/c1-15(2,3)18-16(4,5)12-13-8-10-14(11-9-13)17(6)7;13-12-9-5-4-8-11(12)10-6-2-1-3-7-10;/h8-11,18H,12H2,1-7H3;1-8H,9,13H2;/q;-1;. The Morgan fingerprint density at radius 2 is 1.53 bits per heavy atom. The van der Waals surface area contributed by atoms with Crippen LogP contribution in [0.2, 0.25) is 0 Å². The average molecular weight is 542 g/mol. The summed E-state index contributed by atoms with van der Waals surface area (Å²) in [5, 5.41) is 0.810. The van der Waals surface area contributed by atoms with Crippen LogP contribution in [0, 0.1) is 6.04 Å². The Kier molecular flexibility index (Phi) is 11.4. The van der Waals surface area contributed by atoms with Gasteiger partial charge in [-0.05, 0) is 40.8 Å². The van der Waals surface area contributed by atoms with Gasteiger partial charge >= 0.3 is 0 Å². The Labute approximate surface area is 212 Å². The van der Waals surface area contributed by atoms with E-state index in [-0.39, 0.29) is 20.4 Å². The third kappa shape index (κ3) is 10.1. The van der Waals surface area contributed by atoms with Crippen LogP contribution in [0.15, 0.2) is 72.8 Å². The molecule has 0 amide bonds. The molecule has 0 heterocycles. The van der Waals surface area contributed by atoms with E-state index in [1.54, 1.807) is 0 Å². The molecule has 3 rings (SSSR count). The van der Waals surface area contributed by atoms with E-state index in [2.05, 4.69) is 108 Å². The molecular weight excluding hydrogens is 502 g/mol. The molecular formula is C28H40N2PPd-. The maximum atomic E-state index is 5.91. The monoisotopic (exact) mass is 541 g/mol. The molecule has 32 heavy (non-hydrogen) atoms. The topological polar surface area (TPSA) is 29.3 Å². The molecule has 0 radical (unpaired) electrons. The zero-order chi connectivity index (χ0) is 23.1. The van der Waals surface area contributed by atoms with E-state index in [9.17, 15) is 0 Å². The van der Waals surface area contributed by atoms with E-state index >= 15 is 0 Å². The Morgan fingerprint density at radius 3 is 2.03 bits per heavy atom. The van der Waals surface area contributed by atoms with Gasteiger partial charge in [-0.25, -0.2) is 0 Å². The molecule has 0 fully saturated rings. The van der Waals surface area contributed by atoms with E-state index in [0.29, 0.717) is 10.3 Å². The molecule has 0 saturated heterocycles. The number of benzene rings is 2. The van der Waals surface area contributed by atoms with Gasteiger partial charge in [-0.15, -0.1) is 44.5 Å². The summed E-state index contributed by atoms with van der Waals surface area (Å²) in [5.41, 5.74) is 11.0. The number of nitrogens with zero attached hydrogens (tertiary/aromatic N) is 1. The summed E-state index contributed by atoms with van der Waals surface area (Å²) < 4.78 is 0. The fourth-order valence-corrected chi connectivity index (χ4v) is 6.28. The van der Waals surface area contributed by atoms with E-state index in [1.165, 1.54) is 16.8 Å². The Morgan fingerprint density at radius 1 is 0.938 bits per heavy atom. The summed E-state index contributed by atoms with van der Waals surface area (Å²) in [6.07, 6.45) is 8.21. The molecule has 178 valence electrons. The third-order valence-corrected chi connectivity index (χ3v) is 6.58. The molecule has 2 nitrogen and oxygen atoms in total. The van der Waals surface area contributed by atoms with Crippen LogP contribution in [0.1, 0.15) is 52.2 Å².